The number of aliphatic imine (C=N–C) groups is 1. The molecule has 130 valence electrons. The van der Waals surface area contributed by atoms with Gasteiger partial charge in [0.1, 0.15) is 0 Å². The first-order chi connectivity index (χ1) is 11.3. The van der Waals surface area contributed by atoms with E-state index in [4.69, 9.17) is 0 Å². The quantitative estimate of drug-likeness (QED) is 0.434. The van der Waals surface area contributed by atoms with E-state index in [0.29, 0.717) is 0 Å². The lowest BCUT2D eigenvalue weighted by atomic mass is 10.0. The van der Waals surface area contributed by atoms with E-state index < -0.39 is 0 Å². The lowest BCUT2D eigenvalue weighted by molar-refractivity contribution is 0.158. The van der Waals surface area contributed by atoms with Crippen LogP contribution in [0.1, 0.15) is 50.8 Å². The van der Waals surface area contributed by atoms with Crippen LogP contribution in [0.25, 0.3) is 0 Å². The van der Waals surface area contributed by atoms with Crippen molar-refractivity contribution in [3.63, 3.8) is 0 Å². The number of likely N-dealkylation sites (tertiary alicyclic amines) is 1. The van der Waals surface area contributed by atoms with E-state index in [1.807, 2.05) is 0 Å². The number of nitrogens with one attached hydrogen (secondary N) is 2. The third-order valence-corrected chi connectivity index (χ3v) is 5.28. The van der Waals surface area contributed by atoms with Gasteiger partial charge >= 0.3 is 0 Å². The Morgan fingerprint density at radius 2 is 2.26 bits per heavy atom. The van der Waals surface area contributed by atoms with Gasteiger partial charge in [-0.3, -0.25) is 0 Å². The topological polar surface area (TPSA) is 39.7 Å². The van der Waals surface area contributed by atoms with Gasteiger partial charge in [0.15, 0.2) is 5.96 Å². The minimum absolute atomic E-state index is 0.762. The molecule has 2 N–H and O–H groups in total. The summed E-state index contributed by atoms with van der Waals surface area (Å²) in [6, 6.07) is 5.00. The van der Waals surface area contributed by atoms with Crippen LogP contribution in [0.5, 0.6) is 0 Å². The van der Waals surface area contributed by atoms with E-state index in [1.54, 1.807) is 11.3 Å². The maximum Gasteiger partial charge on any atom is 0.191 e. The Hall–Kier alpha value is -1.07. The van der Waals surface area contributed by atoms with E-state index in [0.717, 1.165) is 31.6 Å². The van der Waals surface area contributed by atoms with E-state index in [1.165, 1.54) is 50.1 Å². The number of hydrogen-bond acceptors (Lipinski definition) is 3. The normalized spacial score (nSPS) is 19.7. The minimum atomic E-state index is 0.762. The standard InChI is InChI=1S/C18H32N4S/c1-3-19-18(21-15-17-10-8-14-23-17)20-11-5-7-13-22-12-6-4-9-16(22)2/h8,10,14,16H,3-7,9,11-13,15H2,1-2H3,(H2,19,20,21). The van der Waals surface area contributed by atoms with Crippen LogP contribution >= 0.6 is 11.3 Å². The van der Waals surface area contributed by atoms with Crippen molar-refractivity contribution in [1.29, 1.82) is 0 Å². The van der Waals surface area contributed by atoms with Crippen molar-refractivity contribution in [1.82, 2.24) is 15.5 Å². The van der Waals surface area contributed by atoms with Gasteiger partial charge in [-0.25, -0.2) is 4.99 Å². The van der Waals surface area contributed by atoms with Gasteiger partial charge in [0.2, 0.25) is 0 Å². The van der Waals surface area contributed by atoms with Gasteiger partial charge in [0, 0.05) is 24.0 Å². The molecular weight excluding hydrogens is 304 g/mol. The summed E-state index contributed by atoms with van der Waals surface area (Å²) >= 11 is 1.76. The zero-order chi connectivity index (χ0) is 16.3. The highest BCUT2D eigenvalue weighted by atomic mass is 32.1. The fourth-order valence-corrected chi connectivity index (χ4v) is 3.67. The van der Waals surface area contributed by atoms with Crippen molar-refractivity contribution >= 4 is 17.3 Å². The Labute approximate surface area is 145 Å². The van der Waals surface area contributed by atoms with Crippen LogP contribution in [-0.2, 0) is 6.54 Å². The molecule has 4 nitrogen and oxygen atoms in total. The molecule has 2 heterocycles. The Balaban J connectivity index is 1.62. The van der Waals surface area contributed by atoms with Gasteiger partial charge in [0.25, 0.3) is 0 Å². The highest BCUT2D eigenvalue weighted by molar-refractivity contribution is 7.09. The molecule has 0 aliphatic carbocycles. The molecule has 1 aliphatic rings. The summed E-state index contributed by atoms with van der Waals surface area (Å²) in [5.41, 5.74) is 0. The van der Waals surface area contributed by atoms with E-state index in [-0.39, 0.29) is 0 Å². The van der Waals surface area contributed by atoms with Crippen molar-refractivity contribution in [3.05, 3.63) is 22.4 Å². The molecule has 0 saturated carbocycles. The SMILES string of the molecule is CCNC(=NCc1cccs1)NCCCCN1CCCCC1C. The molecule has 5 heteroatoms. The molecule has 0 spiro atoms. The fraction of sp³-hybridized carbons (Fsp3) is 0.722. The summed E-state index contributed by atoms with van der Waals surface area (Å²) in [6.07, 6.45) is 6.63. The first kappa shape index (κ1) is 18.3. The Bertz CT molecular complexity index is 444. The lowest BCUT2D eigenvalue weighted by Gasteiger charge is -2.33. The molecule has 1 unspecified atom stereocenters. The summed E-state index contributed by atoms with van der Waals surface area (Å²) in [5, 5.41) is 8.89. The van der Waals surface area contributed by atoms with Crippen LogP contribution in [0.2, 0.25) is 0 Å². The van der Waals surface area contributed by atoms with Crippen molar-refractivity contribution in [3.8, 4) is 0 Å². The zero-order valence-electron chi connectivity index (χ0n) is 14.7. The second kappa shape index (κ2) is 10.7. The average Bonchev–Trinajstić information content (AvgIpc) is 3.07. The first-order valence-corrected chi connectivity index (χ1v) is 9.96. The van der Waals surface area contributed by atoms with Crippen molar-refractivity contribution in [2.24, 2.45) is 4.99 Å². The molecular formula is C18H32N4S. The third kappa shape index (κ3) is 6.92. The fourth-order valence-electron chi connectivity index (χ4n) is 3.04. The maximum absolute atomic E-state index is 4.65. The molecule has 0 radical (unpaired) electrons. The molecule has 1 aliphatic heterocycles. The molecule has 0 amide bonds. The van der Waals surface area contributed by atoms with Gasteiger partial charge in [-0.2, -0.15) is 0 Å². The molecule has 1 fully saturated rings. The minimum Gasteiger partial charge on any atom is -0.357 e. The molecule has 1 aromatic heterocycles. The second-order valence-electron chi connectivity index (χ2n) is 6.29. The van der Waals surface area contributed by atoms with Gasteiger partial charge in [-0.1, -0.05) is 12.5 Å². The molecule has 1 atom stereocenters. The third-order valence-electron chi connectivity index (χ3n) is 4.42. The maximum atomic E-state index is 4.65. The number of thiophene rings is 1. The van der Waals surface area contributed by atoms with Gasteiger partial charge in [0.05, 0.1) is 6.54 Å². The molecule has 1 saturated heterocycles. The van der Waals surface area contributed by atoms with Crippen LogP contribution < -0.4 is 10.6 Å². The van der Waals surface area contributed by atoms with Crippen molar-refractivity contribution < 1.29 is 0 Å². The Morgan fingerprint density at radius 1 is 1.35 bits per heavy atom. The van der Waals surface area contributed by atoms with Crippen LogP contribution in [0.4, 0.5) is 0 Å². The predicted octanol–water partition coefficient (Wildman–Crippen LogP) is 3.46. The van der Waals surface area contributed by atoms with Crippen LogP contribution in [0.3, 0.4) is 0 Å². The van der Waals surface area contributed by atoms with Gasteiger partial charge in [-0.15, -0.1) is 11.3 Å². The zero-order valence-corrected chi connectivity index (χ0v) is 15.5. The molecule has 23 heavy (non-hydrogen) atoms. The molecule has 0 aromatic carbocycles. The number of rotatable bonds is 8. The largest absolute Gasteiger partial charge is 0.357 e. The number of piperidine rings is 1. The summed E-state index contributed by atoms with van der Waals surface area (Å²) < 4.78 is 0. The molecule has 2 rings (SSSR count). The molecule has 0 bridgehead atoms. The van der Waals surface area contributed by atoms with Crippen molar-refractivity contribution in [2.75, 3.05) is 26.2 Å². The van der Waals surface area contributed by atoms with Crippen LogP contribution in [-0.4, -0.2) is 43.1 Å². The summed E-state index contributed by atoms with van der Waals surface area (Å²) in [7, 11) is 0. The summed E-state index contributed by atoms with van der Waals surface area (Å²) in [5.74, 6) is 0.937. The molecule has 1 aromatic rings. The first-order valence-electron chi connectivity index (χ1n) is 9.08. The predicted molar refractivity (Wildman–Crippen MR) is 101 cm³/mol. The highest BCUT2D eigenvalue weighted by Crippen LogP contribution is 2.16. The lowest BCUT2D eigenvalue weighted by Crippen LogP contribution is -2.39. The Morgan fingerprint density at radius 3 is 3.00 bits per heavy atom. The van der Waals surface area contributed by atoms with E-state index in [9.17, 15) is 0 Å². The van der Waals surface area contributed by atoms with E-state index >= 15 is 0 Å². The van der Waals surface area contributed by atoms with E-state index in [2.05, 4.69) is 51.9 Å². The van der Waals surface area contributed by atoms with Crippen LogP contribution in [0.15, 0.2) is 22.5 Å². The van der Waals surface area contributed by atoms with Gasteiger partial charge < -0.3 is 15.5 Å². The second-order valence-corrected chi connectivity index (χ2v) is 7.32. The van der Waals surface area contributed by atoms with Crippen LogP contribution in [0, 0.1) is 0 Å². The monoisotopic (exact) mass is 336 g/mol. The highest BCUT2D eigenvalue weighted by Gasteiger charge is 2.16. The smallest absolute Gasteiger partial charge is 0.191 e. The Kier molecular flexibility index (Phi) is 8.47. The van der Waals surface area contributed by atoms with Crippen molar-refractivity contribution in [2.45, 2.75) is 58.5 Å². The number of nitrogens with zero attached hydrogens (tertiary/aromatic N) is 2. The summed E-state index contributed by atoms with van der Waals surface area (Å²) in [6.45, 7) is 9.68. The number of hydrogen-bond donors (Lipinski definition) is 2. The number of guanidine groups is 1. The average molecular weight is 337 g/mol. The number of unbranched alkanes of at least 4 members (excludes halogenated alkanes) is 1. The summed E-state index contributed by atoms with van der Waals surface area (Å²) in [4.78, 5) is 8.61. The van der Waals surface area contributed by atoms with Gasteiger partial charge in [-0.05, 0) is 64.1 Å².